The summed E-state index contributed by atoms with van der Waals surface area (Å²) < 4.78 is 10.1. The van der Waals surface area contributed by atoms with Gasteiger partial charge in [0, 0.05) is 107 Å². The van der Waals surface area contributed by atoms with E-state index in [4.69, 9.17) is 29.9 Å². The summed E-state index contributed by atoms with van der Waals surface area (Å²) in [7, 11) is 0. The van der Waals surface area contributed by atoms with E-state index in [1.165, 1.54) is 106 Å². The van der Waals surface area contributed by atoms with Gasteiger partial charge in [-0.25, -0.2) is 29.9 Å². The molecular weight excluding hydrogens is 1400 g/mol. The molecular formula is C102H64N8S2. The van der Waals surface area contributed by atoms with Crippen LogP contribution in [0.4, 0.5) is 0 Å². The molecule has 0 saturated carbocycles. The molecule has 22 aromatic rings. The lowest BCUT2D eigenvalue weighted by atomic mass is 10.0. The van der Waals surface area contributed by atoms with Crippen LogP contribution in [0.5, 0.6) is 0 Å². The molecule has 6 heterocycles. The van der Waals surface area contributed by atoms with Gasteiger partial charge in [-0.2, -0.15) is 0 Å². The monoisotopic (exact) mass is 1460 g/mol. The fourth-order valence-electron chi connectivity index (χ4n) is 16.0. The Morgan fingerprint density at radius 3 is 0.884 bits per heavy atom. The van der Waals surface area contributed by atoms with E-state index in [0.717, 1.165) is 67.0 Å². The molecule has 0 N–H and O–H groups in total. The van der Waals surface area contributed by atoms with Crippen LogP contribution in [-0.2, 0) is 0 Å². The molecule has 0 atom stereocenters. The van der Waals surface area contributed by atoms with E-state index in [0.29, 0.717) is 34.9 Å². The highest BCUT2D eigenvalue weighted by Crippen LogP contribution is 2.45. The molecule has 22 rings (SSSR count). The van der Waals surface area contributed by atoms with Crippen LogP contribution in [0.15, 0.2) is 388 Å². The van der Waals surface area contributed by atoms with Gasteiger partial charge in [-0.05, 0) is 111 Å². The lowest BCUT2D eigenvalue weighted by Crippen LogP contribution is -2.00. The Labute approximate surface area is 653 Å². The van der Waals surface area contributed by atoms with Gasteiger partial charge in [0.05, 0.1) is 22.1 Å². The second kappa shape index (κ2) is 28.0. The summed E-state index contributed by atoms with van der Waals surface area (Å²) in [6.45, 7) is 0. The minimum absolute atomic E-state index is 0.638. The topological polar surface area (TPSA) is 87.2 Å². The molecule has 0 bridgehead atoms. The lowest BCUT2D eigenvalue weighted by molar-refractivity contribution is 1.07. The van der Waals surface area contributed by atoms with Crippen LogP contribution < -0.4 is 0 Å². The van der Waals surface area contributed by atoms with Crippen LogP contribution in [0.3, 0.4) is 0 Å². The molecule has 0 aliphatic rings. The number of fused-ring (bicyclic) bond motifs is 12. The van der Waals surface area contributed by atoms with Crippen LogP contribution in [0.2, 0.25) is 0 Å². The standard InChI is InChI=1S/2C51H32N4S/c1-3-14-33(15-4-1)49-52-50(34-16-5-2-6-17-34)54-51(53-49)38-20-11-18-35(30-38)36-19-12-21-39(31-36)55-45-26-9-7-22-41(45)42-29-28-37(32-46(42)55)40-24-13-25-44-43-23-8-10-27-47(43)56-48(40)44;1-3-13-34(14-4-1)49-52-50(35-15-5-2-6-16-35)54-51(53-49)36-27-25-33(26-28-36)37-17-11-18-39(31-37)55-45-23-9-7-19-41(45)42-30-29-38(32-46(42)55)40-21-12-22-44-43-20-8-10-24-47(43)56-48(40)44/h2*1-32H. The molecule has 8 nitrogen and oxygen atoms in total. The van der Waals surface area contributed by atoms with E-state index >= 15 is 0 Å². The first-order valence-electron chi connectivity index (χ1n) is 37.5. The summed E-state index contributed by atoms with van der Waals surface area (Å²) in [5, 5.41) is 10.2. The van der Waals surface area contributed by atoms with Crippen LogP contribution in [0.25, 0.3) is 208 Å². The second-order valence-electron chi connectivity index (χ2n) is 28.1. The summed E-state index contributed by atoms with van der Waals surface area (Å²) >= 11 is 3.75. The lowest BCUT2D eigenvalue weighted by Gasteiger charge is -2.12. The summed E-state index contributed by atoms with van der Waals surface area (Å²) in [5.74, 6) is 3.89. The predicted octanol–water partition coefficient (Wildman–Crippen LogP) is 27.3. The molecule has 0 saturated heterocycles. The molecule has 524 valence electrons. The van der Waals surface area contributed by atoms with E-state index < -0.39 is 0 Å². The largest absolute Gasteiger partial charge is 0.309 e. The summed E-state index contributed by atoms with van der Waals surface area (Å²) in [5.41, 5.74) is 22.0. The Kier molecular flexibility index (Phi) is 16.4. The van der Waals surface area contributed by atoms with Crippen molar-refractivity contribution in [2.45, 2.75) is 0 Å². The number of hydrogen-bond donors (Lipinski definition) is 0. The Balaban J connectivity index is 0.000000141. The van der Waals surface area contributed by atoms with Crippen LogP contribution in [0, 0.1) is 0 Å². The third kappa shape index (κ3) is 11.9. The van der Waals surface area contributed by atoms with Crippen LogP contribution in [-0.4, -0.2) is 39.0 Å². The minimum atomic E-state index is 0.638. The third-order valence-electron chi connectivity index (χ3n) is 21.3. The number of thiophene rings is 2. The second-order valence-corrected chi connectivity index (χ2v) is 30.2. The highest BCUT2D eigenvalue weighted by atomic mass is 32.1. The van der Waals surface area contributed by atoms with Gasteiger partial charge in [0.25, 0.3) is 0 Å². The van der Waals surface area contributed by atoms with Gasteiger partial charge in [0.1, 0.15) is 0 Å². The smallest absolute Gasteiger partial charge is 0.164 e. The van der Waals surface area contributed by atoms with Gasteiger partial charge in [0.15, 0.2) is 34.9 Å². The van der Waals surface area contributed by atoms with Crippen molar-refractivity contribution in [3.63, 3.8) is 0 Å². The number of aromatic nitrogens is 8. The van der Waals surface area contributed by atoms with Crippen LogP contribution >= 0.6 is 22.7 Å². The quantitative estimate of drug-likeness (QED) is 0.121. The van der Waals surface area contributed by atoms with Crippen molar-refractivity contribution in [2.24, 2.45) is 0 Å². The van der Waals surface area contributed by atoms with Crippen molar-refractivity contribution in [1.82, 2.24) is 39.0 Å². The fourth-order valence-corrected chi connectivity index (χ4v) is 18.4. The number of para-hydroxylation sites is 2. The van der Waals surface area contributed by atoms with Crippen molar-refractivity contribution >= 4 is 107 Å². The fraction of sp³-hybridized carbons (Fsp3) is 0. The maximum Gasteiger partial charge on any atom is 0.164 e. The number of hydrogen-bond acceptors (Lipinski definition) is 8. The first-order chi connectivity index (χ1) is 55.5. The Morgan fingerprint density at radius 2 is 0.455 bits per heavy atom. The first kappa shape index (κ1) is 65.8. The Bertz CT molecular complexity index is 7260. The Morgan fingerprint density at radius 1 is 0.170 bits per heavy atom. The molecule has 10 heteroatoms. The van der Waals surface area contributed by atoms with Gasteiger partial charge < -0.3 is 9.13 Å². The third-order valence-corrected chi connectivity index (χ3v) is 23.8. The van der Waals surface area contributed by atoms with Crippen molar-refractivity contribution in [3.05, 3.63) is 388 Å². The van der Waals surface area contributed by atoms with Gasteiger partial charge in [-0.3, -0.25) is 0 Å². The molecule has 0 aliphatic heterocycles. The summed E-state index contributed by atoms with van der Waals surface area (Å²) in [6.07, 6.45) is 0. The van der Waals surface area contributed by atoms with Gasteiger partial charge >= 0.3 is 0 Å². The predicted molar refractivity (Wildman–Crippen MR) is 468 cm³/mol. The van der Waals surface area contributed by atoms with Gasteiger partial charge in [0.2, 0.25) is 0 Å². The number of rotatable bonds is 12. The normalized spacial score (nSPS) is 11.6. The Hall–Kier alpha value is -14.4. The summed E-state index contributed by atoms with van der Waals surface area (Å²) in [6, 6.07) is 137. The molecule has 112 heavy (non-hydrogen) atoms. The zero-order valence-corrected chi connectivity index (χ0v) is 62.0. The van der Waals surface area contributed by atoms with Crippen molar-refractivity contribution in [2.75, 3.05) is 0 Å². The minimum Gasteiger partial charge on any atom is -0.309 e. The zero-order valence-electron chi connectivity index (χ0n) is 60.3. The molecule has 6 aromatic heterocycles. The molecule has 16 aromatic carbocycles. The van der Waals surface area contributed by atoms with Crippen molar-refractivity contribution in [3.8, 4) is 124 Å². The molecule has 0 fully saturated rings. The molecule has 0 aliphatic carbocycles. The summed E-state index contributed by atoms with van der Waals surface area (Å²) in [4.78, 5) is 29.6. The maximum absolute atomic E-state index is 5.00. The van der Waals surface area contributed by atoms with E-state index in [9.17, 15) is 0 Å². The SMILES string of the molecule is c1ccc(-c2nc(-c3ccccc3)nc(-c3ccc(-c4cccc(-n5c6ccccc6c6ccc(-c7cccc8c7sc7ccccc78)cc65)c4)cc3)n2)cc1.c1ccc(-c2nc(-c3ccccc3)nc(-c3cccc(-c4cccc(-n5c6ccccc6c6ccc(-c7cccc8c7sc7ccccc78)cc65)c4)c3)n2)cc1. The van der Waals surface area contributed by atoms with Crippen LogP contribution in [0.1, 0.15) is 0 Å². The zero-order chi connectivity index (χ0) is 74.0. The average Bonchev–Trinajstić information content (AvgIpc) is 1.59. The highest BCUT2D eigenvalue weighted by Gasteiger charge is 2.21. The van der Waals surface area contributed by atoms with E-state index in [1.54, 1.807) is 0 Å². The first-order valence-corrected chi connectivity index (χ1v) is 39.2. The van der Waals surface area contributed by atoms with E-state index in [2.05, 4.69) is 276 Å². The van der Waals surface area contributed by atoms with E-state index in [-0.39, 0.29) is 0 Å². The van der Waals surface area contributed by atoms with Crippen molar-refractivity contribution < 1.29 is 0 Å². The number of benzene rings is 16. The van der Waals surface area contributed by atoms with Gasteiger partial charge in [-0.1, -0.05) is 322 Å². The average molecular weight is 1470 g/mol. The van der Waals surface area contributed by atoms with Gasteiger partial charge in [-0.15, -0.1) is 22.7 Å². The maximum atomic E-state index is 5.00. The van der Waals surface area contributed by atoms with Crippen molar-refractivity contribution in [1.29, 1.82) is 0 Å². The highest BCUT2D eigenvalue weighted by molar-refractivity contribution is 7.26. The molecule has 0 unspecified atom stereocenters. The molecule has 0 radical (unpaired) electrons. The molecule has 0 amide bonds. The number of nitrogens with zero attached hydrogens (tertiary/aromatic N) is 8. The molecule has 0 spiro atoms. The van der Waals surface area contributed by atoms with E-state index in [1.807, 2.05) is 144 Å².